The summed E-state index contributed by atoms with van der Waals surface area (Å²) in [6.45, 7) is 0. The van der Waals surface area contributed by atoms with Gasteiger partial charge in [0.1, 0.15) is 0 Å². The van der Waals surface area contributed by atoms with Gasteiger partial charge < -0.3 is 5.32 Å². The zero-order valence-electron chi connectivity index (χ0n) is 14.7. The summed E-state index contributed by atoms with van der Waals surface area (Å²) in [7, 11) is 1.90. The molecule has 4 heterocycles. The van der Waals surface area contributed by atoms with Gasteiger partial charge in [-0.05, 0) is 23.3 Å². The van der Waals surface area contributed by atoms with Gasteiger partial charge >= 0.3 is 0 Å². The monoisotopic (exact) mass is 355 g/mol. The van der Waals surface area contributed by atoms with Crippen molar-refractivity contribution in [3.05, 3.63) is 67.0 Å². The summed E-state index contributed by atoms with van der Waals surface area (Å²) >= 11 is 0. The molecule has 0 aliphatic carbocycles. The fraction of sp³-hybridized carbons (Fsp3) is 0.100. The first-order valence-corrected chi connectivity index (χ1v) is 8.67. The number of benzene rings is 1. The van der Waals surface area contributed by atoms with Gasteiger partial charge in [0.25, 0.3) is 0 Å². The van der Waals surface area contributed by atoms with E-state index >= 15 is 0 Å². The van der Waals surface area contributed by atoms with Gasteiger partial charge in [0.05, 0.1) is 18.1 Å². The molecule has 1 aliphatic rings. The fourth-order valence-corrected chi connectivity index (χ4v) is 3.25. The summed E-state index contributed by atoms with van der Waals surface area (Å²) in [5, 5.41) is 7.64. The van der Waals surface area contributed by atoms with Crippen LogP contribution in [0.1, 0.15) is 12.0 Å². The van der Waals surface area contributed by atoms with Crippen molar-refractivity contribution in [1.29, 1.82) is 0 Å². The van der Waals surface area contributed by atoms with Gasteiger partial charge in [-0.25, -0.2) is 9.97 Å². The molecule has 27 heavy (non-hydrogen) atoms. The number of nitrogens with one attached hydrogen (secondary N) is 1. The zero-order valence-corrected chi connectivity index (χ0v) is 14.7. The Kier molecular flexibility index (Phi) is 3.57. The molecule has 0 fully saturated rings. The number of rotatable bonds is 4. The molecular weight excluding hydrogens is 338 g/mol. The van der Waals surface area contributed by atoms with Gasteiger partial charge in [-0.1, -0.05) is 12.1 Å². The molecule has 0 amide bonds. The Bertz CT molecular complexity index is 1200. The Labute approximate surface area is 155 Å². The molecule has 0 saturated heterocycles. The molecule has 0 bridgehead atoms. The number of anilines is 2. The van der Waals surface area contributed by atoms with E-state index in [2.05, 4.69) is 37.5 Å². The second-order valence-electron chi connectivity index (χ2n) is 6.41. The largest absolute Gasteiger partial charge is 0.337 e. The Morgan fingerprint density at radius 2 is 2.07 bits per heavy atom. The van der Waals surface area contributed by atoms with Crippen molar-refractivity contribution < 1.29 is 0 Å². The highest BCUT2D eigenvalue weighted by Crippen LogP contribution is 2.27. The third-order valence-corrected chi connectivity index (χ3v) is 4.57. The smallest absolute Gasteiger partial charge is 0.180 e. The fourth-order valence-electron chi connectivity index (χ4n) is 3.25. The van der Waals surface area contributed by atoms with Crippen molar-refractivity contribution >= 4 is 28.9 Å². The first-order chi connectivity index (χ1) is 13.3. The molecule has 1 aliphatic heterocycles. The Morgan fingerprint density at radius 1 is 1.11 bits per heavy atom. The van der Waals surface area contributed by atoms with Gasteiger partial charge in [-0.15, -0.1) is 0 Å². The number of fused-ring (bicyclic) bond motifs is 1. The van der Waals surface area contributed by atoms with Crippen molar-refractivity contribution in [2.45, 2.75) is 6.42 Å². The van der Waals surface area contributed by atoms with Gasteiger partial charge in [0.15, 0.2) is 11.5 Å². The molecule has 0 radical (unpaired) electrons. The number of aromatic nitrogens is 5. The molecule has 4 aromatic rings. The predicted octanol–water partition coefficient (Wildman–Crippen LogP) is 3.69. The lowest BCUT2D eigenvalue weighted by atomic mass is 10.0. The van der Waals surface area contributed by atoms with Crippen LogP contribution in [0.4, 0.5) is 11.5 Å². The van der Waals surface area contributed by atoms with Crippen LogP contribution in [0.15, 0.2) is 66.4 Å². The van der Waals surface area contributed by atoms with Crippen LogP contribution in [0.2, 0.25) is 0 Å². The third-order valence-electron chi connectivity index (χ3n) is 4.57. The van der Waals surface area contributed by atoms with E-state index in [4.69, 9.17) is 0 Å². The maximum atomic E-state index is 4.57. The Morgan fingerprint density at radius 3 is 2.89 bits per heavy atom. The van der Waals surface area contributed by atoms with Gasteiger partial charge in [-0.3, -0.25) is 14.1 Å². The van der Waals surface area contributed by atoms with E-state index in [1.54, 1.807) is 10.9 Å². The number of hydrogen-bond acceptors (Lipinski definition) is 5. The summed E-state index contributed by atoms with van der Waals surface area (Å²) in [5.41, 5.74) is 6.09. The van der Waals surface area contributed by atoms with E-state index < -0.39 is 0 Å². The second kappa shape index (κ2) is 6.21. The standard InChI is InChI=1S/C20H17N7/c1-26-13-16(11-24-26)18-12-23-20-19(22-7-8-27(18)20)25-17-4-2-3-14(9-17)15-5-6-21-10-15/h2-4,6-13H,5H2,1H3,(H,22,25). The topological polar surface area (TPSA) is 72.4 Å². The van der Waals surface area contributed by atoms with E-state index in [0.29, 0.717) is 5.82 Å². The number of hydrogen-bond donors (Lipinski definition) is 1. The van der Waals surface area contributed by atoms with Crippen molar-refractivity contribution in [3.8, 4) is 11.3 Å². The van der Waals surface area contributed by atoms with Crippen LogP contribution in [0, 0.1) is 0 Å². The molecule has 0 atom stereocenters. The highest BCUT2D eigenvalue weighted by Gasteiger charge is 2.12. The van der Waals surface area contributed by atoms with Crippen molar-refractivity contribution in [2.75, 3.05) is 5.32 Å². The lowest BCUT2D eigenvalue weighted by molar-refractivity contribution is 0.768. The van der Waals surface area contributed by atoms with E-state index in [1.807, 2.05) is 60.8 Å². The quantitative estimate of drug-likeness (QED) is 0.606. The van der Waals surface area contributed by atoms with Crippen LogP contribution >= 0.6 is 0 Å². The summed E-state index contributed by atoms with van der Waals surface area (Å²) in [6.07, 6.45) is 14.0. The number of nitrogens with zero attached hydrogens (tertiary/aromatic N) is 6. The first-order valence-electron chi connectivity index (χ1n) is 8.67. The predicted molar refractivity (Wildman–Crippen MR) is 106 cm³/mol. The maximum absolute atomic E-state index is 4.57. The second-order valence-corrected chi connectivity index (χ2v) is 6.41. The normalized spacial score (nSPS) is 13.3. The highest BCUT2D eigenvalue weighted by molar-refractivity contribution is 5.85. The molecule has 0 saturated carbocycles. The number of imidazole rings is 1. The van der Waals surface area contributed by atoms with Crippen LogP contribution in [-0.2, 0) is 7.05 Å². The summed E-state index contributed by atoms with van der Waals surface area (Å²) < 4.78 is 3.80. The maximum Gasteiger partial charge on any atom is 0.180 e. The minimum absolute atomic E-state index is 0.710. The lowest BCUT2D eigenvalue weighted by Gasteiger charge is -2.09. The average Bonchev–Trinajstić information content (AvgIpc) is 3.43. The summed E-state index contributed by atoms with van der Waals surface area (Å²) in [6, 6.07) is 8.26. The lowest BCUT2D eigenvalue weighted by Crippen LogP contribution is -1.99. The number of aliphatic imine (C=N–C) groups is 1. The number of aryl methyl sites for hydroxylation is 1. The third kappa shape index (κ3) is 2.79. The molecule has 0 spiro atoms. The van der Waals surface area contributed by atoms with Crippen LogP contribution in [0.25, 0.3) is 22.5 Å². The first kappa shape index (κ1) is 15.5. The number of allylic oxidation sites excluding steroid dienone is 1. The summed E-state index contributed by atoms with van der Waals surface area (Å²) in [5.74, 6) is 0.710. The van der Waals surface area contributed by atoms with E-state index in [-0.39, 0.29) is 0 Å². The van der Waals surface area contributed by atoms with E-state index in [0.717, 1.165) is 34.6 Å². The minimum atomic E-state index is 0.710. The molecule has 1 aromatic carbocycles. The molecule has 3 aromatic heterocycles. The van der Waals surface area contributed by atoms with Gasteiger partial charge in [0.2, 0.25) is 0 Å². The van der Waals surface area contributed by atoms with E-state index in [1.165, 1.54) is 5.57 Å². The van der Waals surface area contributed by atoms with Crippen molar-refractivity contribution in [1.82, 2.24) is 24.1 Å². The van der Waals surface area contributed by atoms with Crippen molar-refractivity contribution in [3.63, 3.8) is 0 Å². The molecule has 7 nitrogen and oxygen atoms in total. The van der Waals surface area contributed by atoms with Gasteiger partial charge in [-0.2, -0.15) is 5.10 Å². The molecule has 7 heteroatoms. The molecule has 1 N–H and O–H groups in total. The van der Waals surface area contributed by atoms with Crippen LogP contribution < -0.4 is 5.32 Å². The summed E-state index contributed by atoms with van der Waals surface area (Å²) in [4.78, 5) is 13.2. The zero-order chi connectivity index (χ0) is 18.2. The van der Waals surface area contributed by atoms with E-state index in [9.17, 15) is 0 Å². The van der Waals surface area contributed by atoms with Gasteiger partial charge in [0, 0.05) is 55.7 Å². The molecular formula is C20H17N7. The van der Waals surface area contributed by atoms with Crippen LogP contribution in [-0.4, -0.2) is 30.4 Å². The Hall–Kier alpha value is -3.74. The molecule has 5 rings (SSSR count). The Balaban J connectivity index is 1.51. The highest BCUT2D eigenvalue weighted by atomic mass is 15.2. The molecule has 0 unspecified atom stereocenters. The molecule has 132 valence electrons. The van der Waals surface area contributed by atoms with Crippen LogP contribution in [0.3, 0.4) is 0 Å². The van der Waals surface area contributed by atoms with Crippen LogP contribution in [0.5, 0.6) is 0 Å². The average molecular weight is 355 g/mol. The van der Waals surface area contributed by atoms with Crippen molar-refractivity contribution in [2.24, 2.45) is 12.0 Å². The SMILES string of the molecule is Cn1cc(-c2cnc3c(Nc4cccc(C5=CN=CC5)c4)nccn23)cn1. The minimum Gasteiger partial charge on any atom is -0.337 e.